The fourth-order valence-corrected chi connectivity index (χ4v) is 0. The van der Waals surface area contributed by atoms with Crippen LogP contribution >= 0.6 is 27.5 Å². The van der Waals surface area contributed by atoms with Gasteiger partial charge in [-0.1, -0.05) is 11.6 Å². The fraction of sp³-hybridized carbons (Fsp3) is 1.00. The number of aliphatic hydroxyl groups is 1. The molecule has 0 saturated carbocycles. The second-order valence-corrected chi connectivity index (χ2v) is 3.19. The number of hydrogen-bond donors (Lipinski definition) is 1. The minimum atomic E-state index is -4.82. The summed E-state index contributed by atoms with van der Waals surface area (Å²) in [6.07, 6.45) is -4.82. The van der Waals surface area contributed by atoms with Crippen LogP contribution in [0, 0.1) is 0 Å². The van der Waals surface area contributed by atoms with E-state index in [0.29, 0.717) is 0 Å². The maximum atomic E-state index is 11.1. The van der Waals surface area contributed by atoms with Crippen molar-refractivity contribution in [3.05, 3.63) is 0 Å². The van der Waals surface area contributed by atoms with Gasteiger partial charge in [0.15, 0.2) is 0 Å². The smallest absolute Gasteiger partial charge is 0.359 e. The van der Waals surface area contributed by atoms with Gasteiger partial charge in [-0.3, -0.25) is 0 Å². The minimum Gasteiger partial charge on any atom is -0.359 e. The van der Waals surface area contributed by atoms with E-state index < -0.39 is 10.1 Å². The van der Waals surface area contributed by atoms with Gasteiger partial charge in [0, 0.05) is 0 Å². The van der Waals surface area contributed by atoms with Crippen molar-refractivity contribution in [1.29, 1.82) is 0 Å². The van der Waals surface area contributed by atoms with Crippen LogP contribution in [0.4, 0.5) is 13.2 Å². The minimum absolute atomic E-state index is 1.79. The third-order valence-electron chi connectivity index (χ3n) is 0.341. The molecule has 1 N–H and O–H groups in total. The van der Waals surface area contributed by atoms with Crippen molar-refractivity contribution in [2.75, 3.05) is 0 Å². The highest BCUT2D eigenvalue weighted by molar-refractivity contribution is 9.10. The molecule has 1 atom stereocenters. The average molecular weight is 213 g/mol. The first-order valence-corrected chi connectivity index (χ1v) is 2.59. The molecule has 0 amide bonds. The molecule has 0 bridgehead atoms. The van der Waals surface area contributed by atoms with E-state index in [1.807, 2.05) is 0 Å². The molecule has 0 spiro atoms. The van der Waals surface area contributed by atoms with Gasteiger partial charge >= 0.3 is 6.18 Å². The van der Waals surface area contributed by atoms with Crippen LogP contribution in [0.25, 0.3) is 0 Å². The number of halogens is 5. The van der Waals surface area contributed by atoms with E-state index in [-0.39, 0.29) is 0 Å². The molecule has 0 aliphatic heterocycles. The van der Waals surface area contributed by atoms with Crippen LogP contribution in [0.5, 0.6) is 0 Å². The highest BCUT2D eigenvalue weighted by Crippen LogP contribution is 2.38. The van der Waals surface area contributed by atoms with Crippen molar-refractivity contribution in [3.8, 4) is 0 Å². The molecule has 0 radical (unpaired) electrons. The summed E-state index contributed by atoms with van der Waals surface area (Å²) in [6.45, 7) is 0. The molecule has 1 nitrogen and oxygen atoms in total. The fourth-order valence-electron chi connectivity index (χ4n) is 0. The Bertz CT molecular complexity index is 72.3. The zero-order chi connectivity index (χ0) is 7.00. The van der Waals surface area contributed by atoms with Gasteiger partial charge in [-0.25, -0.2) is 0 Å². The molecule has 6 heteroatoms. The lowest BCUT2D eigenvalue weighted by Gasteiger charge is -2.15. The van der Waals surface area contributed by atoms with Gasteiger partial charge in [-0.15, -0.1) is 0 Å². The Hall–Kier alpha value is 0.520. The summed E-state index contributed by atoms with van der Waals surface area (Å²) in [4.78, 5) is 0. The lowest BCUT2D eigenvalue weighted by molar-refractivity contribution is -0.187. The Morgan fingerprint density at radius 3 is 1.50 bits per heavy atom. The summed E-state index contributed by atoms with van der Waals surface area (Å²) >= 11 is 6.15. The quantitative estimate of drug-likeness (QED) is 0.609. The highest BCUT2D eigenvalue weighted by atomic mass is 79.9. The van der Waals surface area contributed by atoms with E-state index in [2.05, 4.69) is 11.6 Å². The lowest BCUT2D eigenvalue weighted by atomic mass is 10.7. The van der Waals surface area contributed by atoms with Crippen LogP contribution in [0.1, 0.15) is 0 Å². The maximum Gasteiger partial charge on any atom is 0.442 e. The van der Waals surface area contributed by atoms with Crippen LogP contribution in [0.15, 0.2) is 0 Å². The molecule has 0 aromatic rings. The maximum absolute atomic E-state index is 11.1. The molecular weight excluding hydrogens is 212 g/mol. The number of hydrogen-bond acceptors (Lipinski definition) is 1. The number of rotatable bonds is 0. The Kier molecular flexibility index (Phi) is 2.17. The highest BCUT2D eigenvalue weighted by Gasteiger charge is 2.50. The molecule has 50 valence electrons. The van der Waals surface area contributed by atoms with Crippen LogP contribution in [0.2, 0.25) is 0 Å². The standard InChI is InChI=1S/C2HBrClF3O/c3-1(4,8)2(5,6)7/h8H. The molecule has 0 saturated heterocycles. The normalized spacial score (nSPS) is 20.2. The molecule has 0 aromatic heterocycles. The molecule has 8 heavy (non-hydrogen) atoms. The zero-order valence-corrected chi connectivity index (χ0v) is 5.68. The molecule has 0 fully saturated rings. The van der Waals surface area contributed by atoms with Gasteiger partial charge in [0.25, 0.3) is 3.97 Å². The van der Waals surface area contributed by atoms with Crippen molar-refractivity contribution in [2.24, 2.45) is 0 Å². The summed E-state index contributed by atoms with van der Waals surface area (Å²) < 4.78 is 30.1. The van der Waals surface area contributed by atoms with E-state index in [9.17, 15) is 13.2 Å². The second-order valence-electron chi connectivity index (χ2n) is 1.04. The van der Waals surface area contributed by atoms with Crippen LogP contribution in [-0.2, 0) is 0 Å². The van der Waals surface area contributed by atoms with Crippen LogP contribution in [0.3, 0.4) is 0 Å². The Labute approximate surface area is 56.6 Å². The summed E-state index contributed by atoms with van der Waals surface area (Å²) in [5.74, 6) is 0. The summed E-state index contributed by atoms with van der Waals surface area (Å²) in [5.41, 5.74) is 0. The molecule has 0 rings (SSSR count). The van der Waals surface area contributed by atoms with E-state index in [1.54, 1.807) is 15.9 Å². The van der Waals surface area contributed by atoms with Crippen LogP contribution < -0.4 is 0 Å². The van der Waals surface area contributed by atoms with Crippen molar-refractivity contribution in [3.63, 3.8) is 0 Å². The van der Waals surface area contributed by atoms with Crippen molar-refractivity contribution in [2.45, 2.75) is 10.1 Å². The van der Waals surface area contributed by atoms with E-state index in [0.717, 1.165) is 0 Å². The molecule has 1 unspecified atom stereocenters. The van der Waals surface area contributed by atoms with E-state index in [4.69, 9.17) is 5.11 Å². The largest absolute Gasteiger partial charge is 0.442 e. The first-order chi connectivity index (χ1) is 3.25. The topological polar surface area (TPSA) is 20.2 Å². The SMILES string of the molecule is OC(Cl)(Br)C(F)(F)F. The van der Waals surface area contributed by atoms with Gasteiger partial charge in [-0.05, 0) is 15.9 Å². The summed E-state index contributed by atoms with van der Waals surface area (Å²) in [5, 5.41) is 7.91. The predicted molar refractivity (Wildman–Crippen MR) is 25.8 cm³/mol. The first-order valence-electron chi connectivity index (χ1n) is 1.42. The number of alkyl halides is 5. The lowest BCUT2D eigenvalue weighted by Crippen LogP contribution is -2.32. The van der Waals surface area contributed by atoms with E-state index >= 15 is 0 Å². The van der Waals surface area contributed by atoms with Crippen molar-refractivity contribution in [1.82, 2.24) is 0 Å². The predicted octanol–water partition coefficient (Wildman–Crippen LogP) is 1.83. The van der Waals surface area contributed by atoms with Gasteiger partial charge in [0.2, 0.25) is 0 Å². The Morgan fingerprint density at radius 2 is 1.50 bits per heavy atom. The second kappa shape index (κ2) is 2.04. The first kappa shape index (κ1) is 8.52. The Morgan fingerprint density at radius 1 is 1.38 bits per heavy atom. The Balaban J connectivity index is 4.02. The molecule has 0 aliphatic carbocycles. The molecular formula is C2HBrClF3O. The van der Waals surface area contributed by atoms with Gasteiger partial charge < -0.3 is 5.11 Å². The molecule has 0 aromatic carbocycles. The summed E-state index contributed by atoms with van der Waals surface area (Å²) in [7, 11) is 0. The summed E-state index contributed by atoms with van der Waals surface area (Å²) in [6, 6.07) is 0. The van der Waals surface area contributed by atoms with E-state index in [1.165, 1.54) is 0 Å². The van der Waals surface area contributed by atoms with Gasteiger partial charge in [0.1, 0.15) is 0 Å². The average Bonchev–Trinajstić information content (AvgIpc) is 1.25. The third kappa shape index (κ3) is 2.19. The molecule has 0 heterocycles. The zero-order valence-electron chi connectivity index (χ0n) is 3.34. The third-order valence-corrected chi connectivity index (χ3v) is 1.00. The molecule has 0 aliphatic rings. The van der Waals surface area contributed by atoms with Crippen molar-refractivity contribution < 1.29 is 18.3 Å². The van der Waals surface area contributed by atoms with Gasteiger partial charge in [-0.2, -0.15) is 13.2 Å². The monoisotopic (exact) mass is 212 g/mol. The van der Waals surface area contributed by atoms with Crippen molar-refractivity contribution >= 4 is 27.5 Å². The van der Waals surface area contributed by atoms with Crippen LogP contribution in [-0.4, -0.2) is 15.3 Å². The van der Waals surface area contributed by atoms with Gasteiger partial charge in [0.05, 0.1) is 0 Å².